The van der Waals surface area contributed by atoms with Crippen molar-refractivity contribution in [3.05, 3.63) is 15.8 Å². The third kappa shape index (κ3) is 3.78. The number of aryl methyl sites for hydroxylation is 1. The van der Waals surface area contributed by atoms with Crippen molar-refractivity contribution in [1.29, 1.82) is 0 Å². The molecule has 1 aromatic heterocycles. The Morgan fingerprint density at radius 3 is 2.67 bits per heavy atom. The number of nitro groups is 1. The Balaban J connectivity index is 2.08. The van der Waals surface area contributed by atoms with Crippen LogP contribution in [0.2, 0.25) is 0 Å². The first kappa shape index (κ1) is 15.4. The van der Waals surface area contributed by atoms with E-state index >= 15 is 0 Å². The normalized spacial score (nSPS) is 16.9. The molecule has 0 amide bonds. The third-order valence-corrected chi connectivity index (χ3v) is 3.73. The Labute approximate surface area is 123 Å². The van der Waals surface area contributed by atoms with Crippen LogP contribution in [0.4, 0.5) is 17.5 Å². The second-order valence-corrected chi connectivity index (χ2v) is 5.38. The Morgan fingerprint density at radius 1 is 1.43 bits per heavy atom. The first-order valence-corrected chi connectivity index (χ1v) is 7.28. The minimum absolute atomic E-state index is 0.0593. The summed E-state index contributed by atoms with van der Waals surface area (Å²) in [4.78, 5) is 21.0. The highest BCUT2D eigenvalue weighted by Crippen LogP contribution is 2.27. The predicted octanol–water partition coefficient (Wildman–Crippen LogP) is 1.56. The number of rotatable bonds is 5. The van der Waals surface area contributed by atoms with E-state index in [2.05, 4.69) is 27.1 Å². The van der Waals surface area contributed by atoms with Crippen LogP contribution in [0.3, 0.4) is 0 Å². The maximum atomic E-state index is 11.2. The van der Waals surface area contributed by atoms with Gasteiger partial charge in [0.1, 0.15) is 5.69 Å². The highest BCUT2D eigenvalue weighted by molar-refractivity contribution is 5.60. The number of nitrogens with one attached hydrogen (secondary N) is 1. The van der Waals surface area contributed by atoms with Gasteiger partial charge in [-0.1, -0.05) is 6.92 Å². The lowest BCUT2D eigenvalue weighted by molar-refractivity contribution is -0.385. The van der Waals surface area contributed by atoms with E-state index in [1.807, 2.05) is 0 Å². The number of piperidine rings is 1. The average Bonchev–Trinajstić information content (AvgIpc) is 2.40. The molecule has 1 fully saturated rings. The Hall–Kier alpha value is -1.96. The summed E-state index contributed by atoms with van der Waals surface area (Å²) in [5.41, 5.74) is 5.81. The minimum Gasteiger partial charge on any atom is -0.368 e. The lowest BCUT2D eigenvalue weighted by atomic mass is 10.0. The average molecular weight is 294 g/mol. The minimum atomic E-state index is -0.455. The molecule has 1 aliphatic heterocycles. The number of nitrogens with two attached hydrogens (primary N) is 1. The number of hydrogen-bond acceptors (Lipinski definition) is 7. The van der Waals surface area contributed by atoms with E-state index in [1.165, 1.54) is 0 Å². The van der Waals surface area contributed by atoms with Crippen LogP contribution in [0.15, 0.2) is 0 Å². The molecule has 0 bridgehead atoms. The first-order chi connectivity index (χ1) is 10.0. The van der Waals surface area contributed by atoms with E-state index in [1.54, 1.807) is 6.92 Å². The van der Waals surface area contributed by atoms with Crippen LogP contribution in [0.5, 0.6) is 0 Å². The number of nitrogens with zero attached hydrogens (tertiary/aromatic N) is 4. The second-order valence-electron chi connectivity index (χ2n) is 5.38. The highest BCUT2D eigenvalue weighted by atomic mass is 16.6. The Bertz CT molecular complexity index is 514. The maximum absolute atomic E-state index is 11.2. The van der Waals surface area contributed by atoms with Crippen LogP contribution in [0, 0.1) is 17.0 Å². The van der Waals surface area contributed by atoms with Gasteiger partial charge in [-0.05, 0) is 32.7 Å². The summed E-state index contributed by atoms with van der Waals surface area (Å²) in [6, 6.07) is 0.186. The number of likely N-dealkylation sites (tertiary alicyclic amines) is 1. The van der Waals surface area contributed by atoms with Crippen LogP contribution in [-0.4, -0.2) is 45.5 Å². The van der Waals surface area contributed by atoms with Gasteiger partial charge in [0, 0.05) is 19.1 Å². The summed E-state index contributed by atoms with van der Waals surface area (Å²) in [7, 11) is 0. The zero-order chi connectivity index (χ0) is 15.4. The molecule has 0 aromatic carbocycles. The number of aromatic nitrogens is 2. The van der Waals surface area contributed by atoms with Crippen molar-refractivity contribution in [2.75, 3.05) is 30.7 Å². The van der Waals surface area contributed by atoms with Crippen molar-refractivity contribution in [1.82, 2.24) is 14.9 Å². The molecule has 116 valence electrons. The quantitative estimate of drug-likeness (QED) is 0.626. The molecule has 8 nitrogen and oxygen atoms in total. The Morgan fingerprint density at radius 2 is 2.10 bits per heavy atom. The number of nitrogen functional groups attached to an aromatic ring is 1. The van der Waals surface area contributed by atoms with Gasteiger partial charge in [0.2, 0.25) is 11.8 Å². The van der Waals surface area contributed by atoms with Crippen molar-refractivity contribution in [3.63, 3.8) is 0 Å². The van der Waals surface area contributed by atoms with E-state index in [0.717, 1.165) is 38.9 Å². The van der Waals surface area contributed by atoms with E-state index in [0.29, 0.717) is 5.69 Å². The molecule has 0 unspecified atom stereocenters. The summed E-state index contributed by atoms with van der Waals surface area (Å²) in [5, 5.41) is 14.3. The highest BCUT2D eigenvalue weighted by Gasteiger charge is 2.25. The van der Waals surface area contributed by atoms with Crippen molar-refractivity contribution in [2.24, 2.45) is 0 Å². The van der Waals surface area contributed by atoms with E-state index in [-0.39, 0.29) is 23.5 Å². The van der Waals surface area contributed by atoms with Gasteiger partial charge in [0.15, 0.2) is 0 Å². The maximum Gasteiger partial charge on any atom is 0.332 e. The molecule has 2 heterocycles. The number of hydrogen-bond donors (Lipinski definition) is 2. The topological polar surface area (TPSA) is 110 Å². The molecule has 8 heteroatoms. The van der Waals surface area contributed by atoms with Gasteiger partial charge in [-0.3, -0.25) is 10.1 Å². The molecule has 0 aliphatic carbocycles. The summed E-state index contributed by atoms with van der Waals surface area (Å²) in [5.74, 6) is 0.294. The van der Waals surface area contributed by atoms with Crippen LogP contribution in [0.25, 0.3) is 0 Å². The van der Waals surface area contributed by atoms with E-state index < -0.39 is 4.92 Å². The molecule has 1 saturated heterocycles. The van der Waals surface area contributed by atoms with Crippen LogP contribution < -0.4 is 11.1 Å². The zero-order valence-corrected chi connectivity index (χ0v) is 12.5. The smallest absolute Gasteiger partial charge is 0.332 e. The molecule has 0 spiro atoms. The van der Waals surface area contributed by atoms with Crippen LogP contribution in [-0.2, 0) is 0 Å². The molecule has 0 radical (unpaired) electrons. The Kier molecular flexibility index (Phi) is 4.89. The summed E-state index contributed by atoms with van der Waals surface area (Å²) < 4.78 is 0. The molecular formula is C13H22N6O2. The summed E-state index contributed by atoms with van der Waals surface area (Å²) in [6.07, 6.45) is 3.03. The lowest BCUT2D eigenvalue weighted by Crippen LogP contribution is -2.39. The molecule has 21 heavy (non-hydrogen) atoms. The van der Waals surface area contributed by atoms with Gasteiger partial charge in [0.25, 0.3) is 0 Å². The number of anilines is 2. The molecule has 1 aromatic rings. The van der Waals surface area contributed by atoms with Gasteiger partial charge in [-0.2, -0.15) is 4.98 Å². The van der Waals surface area contributed by atoms with Crippen LogP contribution in [0.1, 0.15) is 31.9 Å². The van der Waals surface area contributed by atoms with Gasteiger partial charge in [-0.25, -0.2) is 4.98 Å². The monoisotopic (exact) mass is 294 g/mol. The molecule has 3 N–H and O–H groups in total. The molecule has 0 atom stereocenters. The predicted molar refractivity (Wildman–Crippen MR) is 81.2 cm³/mol. The van der Waals surface area contributed by atoms with Crippen molar-refractivity contribution in [3.8, 4) is 0 Å². The van der Waals surface area contributed by atoms with Gasteiger partial charge in [-0.15, -0.1) is 0 Å². The summed E-state index contributed by atoms with van der Waals surface area (Å²) in [6.45, 7) is 6.84. The van der Waals surface area contributed by atoms with Gasteiger partial charge < -0.3 is 16.0 Å². The fourth-order valence-corrected chi connectivity index (χ4v) is 2.72. The SMILES string of the molecule is CCCN1CCC(Nc2nc(N)nc(C)c2[N+](=O)[O-])CC1. The molecular weight excluding hydrogens is 272 g/mol. The van der Waals surface area contributed by atoms with Crippen molar-refractivity contribution < 1.29 is 4.92 Å². The van der Waals surface area contributed by atoms with Crippen molar-refractivity contribution >= 4 is 17.5 Å². The first-order valence-electron chi connectivity index (χ1n) is 7.28. The summed E-state index contributed by atoms with van der Waals surface area (Å²) >= 11 is 0. The molecule has 1 aliphatic rings. The standard InChI is InChI=1S/C13H22N6O2/c1-3-6-18-7-4-10(5-8-18)16-12-11(19(20)21)9(2)15-13(14)17-12/h10H,3-8H2,1-2H3,(H3,14,15,16,17). The van der Waals surface area contributed by atoms with Gasteiger partial charge >= 0.3 is 5.69 Å². The lowest BCUT2D eigenvalue weighted by Gasteiger charge is -2.32. The zero-order valence-electron chi connectivity index (χ0n) is 12.5. The van der Waals surface area contributed by atoms with Gasteiger partial charge in [0.05, 0.1) is 4.92 Å². The molecule has 2 rings (SSSR count). The second kappa shape index (κ2) is 6.66. The largest absolute Gasteiger partial charge is 0.368 e. The fourth-order valence-electron chi connectivity index (χ4n) is 2.72. The van der Waals surface area contributed by atoms with E-state index in [9.17, 15) is 10.1 Å². The van der Waals surface area contributed by atoms with Crippen molar-refractivity contribution in [2.45, 2.75) is 39.2 Å². The fraction of sp³-hybridized carbons (Fsp3) is 0.692. The third-order valence-electron chi connectivity index (χ3n) is 3.73. The molecule has 0 saturated carbocycles. The van der Waals surface area contributed by atoms with E-state index in [4.69, 9.17) is 5.73 Å². The van der Waals surface area contributed by atoms with Crippen LogP contribution >= 0.6 is 0 Å².